The third-order valence-electron chi connectivity index (χ3n) is 3.93. The van der Waals surface area contributed by atoms with E-state index in [1.165, 1.54) is 12.1 Å². The van der Waals surface area contributed by atoms with Gasteiger partial charge in [0.15, 0.2) is 17.3 Å². The number of ketones is 3. The first-order chi connectivity index (χ1) is 13.4. The number of ether oxygens (including phenoxy) is 2. The second kappa shape index (κ2) is 7.97. The lowest BCUT2D eigenvalue weighted by Gasteiger charge is -2.11. The number of furan rings is 1. The molecular formula is C19H14O9. The van der Waals surface area contributed by atoms with E-state index in [4.69, 9.17) is 9.52 Å². The molecule has 0 spiro atoms. The van der Waals surface area contributed by atoms with Crippen molar-refractivity contribution in [2.24, 2.45) is 0 Å². The first-order valence-corrected chi connectivity index (χ1v) is 8.20. The molecule has 1 aliphatic rings. The average molecular weight is 386 g/mol. The van der Waals surface area contributed by atoms with Crippen LogP contribution in [0.3, 0.4) is 0 Å². The molecule has 0 saturated heterocycles. The summed E-state index contributed by atoms with van der Waals surface area (Å²) in [4.78, 5) is 59.8. The van der Waals surface area contributed by atoms with E-state index in [9.17, 15) is 24.0 Å². The number of aliphatic hydroxyl groups excluding tert-OH is 1. The quantitative estimate of drug-likeness (QED) is 0.273. The van der Waals surface area contributed by atoms with Gasteiger partial charge in [-0.3, -0.25) is 24.0 Å². The highest BCUT2D eigenvalue weighted by Gasteiger charge is 2.34. The third-order valence-corrected chi connectivity index (χ3v) is 3.93. The predicted octanol–water partition coefficient (Wildman–Crippen LogP) is 1.05. The number of carbonyl (C=O) groups excluding carboxylic acids is 5. The van der Waals surface area contributed by atoms with Crippen molar-refractivity contribution < 1.29 is 43.0 Å². The average Bonchev–Trinajstić information content (AvgIpc) is 3.12. The topological polar surface area (TPSA) is 137 Å². The molecule has 144 valence electrons. The molecule has 9 heteroatoms. The SMILES string of the molecule is O=C(CCO)OCOC(=O)CC(=O)c1cc2c(o1)C(=O)c1ccccc1C2=O. The van der Waals surface area contributed by atoms with Crippen LogP contribution in [0.4, 0.5) is 0 Å². The molecule has 1 aromatic carbocycles. The van der Waals surface area contributed by atoms with Crippen LogP contribution in [0.5, 0.6) is 0 Å². The van der Waals surface area contributed by atoms with E-state index in [0.29, 0.717) is 0 Å². The molecule has 0 atom stereocenters. The first kappa shape index (κ1) is 19.2. The van der Waals surface area contributed by atoms with Gasteiger partial charge in [0.2, 0.25) is 18.4 Å². The largest absolute Gasteiger partial charge is 0.449 e. The summed E-state index contributed by atoms with van der Waals surface area (Å²) in [6.07, 6.45) is -0.988. The smallest absolute Gasteiger partial charge is 0.316 e. The van der Waals surface area contributed by atoms with Crippen molar-refractivity contribution in [3.8, 4) is 0 Å². The summed E-state index contributed by atoms with van der Waals surface area (Å²) in [5.74, 6) is -4.11. The van der Waals surface area contributed by atoms with Gasteiger partial charge < -0.3 is 19.0 Å². The van der Waals surface area contributed by atoms with Crippen LogP contribution >= 0.6 is 0 Å². The van der Waals surface area contributed by atoms with Gasteiger partial charge in [-0.25, -0.2) is 0 Å². The molecule has 1 aromatic heterocycles. The highest BCUT2D eigenvalue weighted by molar-refractivity contribution is 6.28. The molecule has 0 amide bonds. The molecule has 0 bridgehead atoms. The van der Waals surface area contributed by atoms with Gasteiger partial charge >= 0.3 is 11.9 Å². The number of hydrogen-bond acceptors (Lipinski definition) is 9. The number of benzene rings is 1. The third kappa shape index (κ3) is 3.74. The van der Waals surface area contributed by atoms with Crippen molar-refractivity contribution in [3.63, 3.8) is 0 Å². The zero-order valence-electron chi connectivity index (χ0n) is 14.4. The minimum absolute atomic E-state index is 0.0432. The zero-order chi connectivity index (χ0) is 20.3. The Morgan fingerprint density at radius 3 is 2.25 bits per heavy atom. The van der Waals surface area contributed by atoms with E-state index in [1.807, 2.05) is 0 Å². The fraction of sp³-hybridized carbons (Fsp3) is 0.211. The van der Waals surface area contributed by atoms with Crippen LogP contribution in [0.15, 0.2) is 34.7 Å². The number of Topliss-reactive ketones (excluding diaryl/α,β-unsaturated/α-hetero) is 1. The lowest BCUT2D eigenvalue weighted by molar-refractivity contribution is -0.166. The monoisotopic (exact) mass is 386 g/mol. The fourth-order valence-electron chi connectivity index (χ4n) is 2.61. The Balaban J connectivity index is 1.67. The van der Waals surface area contributed by atoms with Crippen molar-refractivity contribution in [1.82, 2.24) is 0 Å². The summed E-state index contributed by atoms with van der Waals surface area (Å²) >= 11 is 0. The van der Waals surface area contributed by atoms with E-state index >= 15 is 0 Å². The Morgan fingerprint density at radius 1 is 0.929 bits per heavy atom. The predicted molar refractivity (Wildman–Crippen MR) is 89.7 cm³/mol. The molecule has 0 aliphatic heterocycles. The lowest BCUT2D eigenvalue weighted by atomic mass is 9.88. The first-order valence-electron chi connectivity index (χ1n) is 8.20. The van der Waals surface area contributed by atoms with Crippen molar-refractivity contribution in [1.29, 1.82) is 0 Å². The van der Waals surface area contributed by atoms with Gasteiger partial charge in [0.1, 0.15) is 6.42 Å². The van der Waals surface area contributed by atoms with Gasteiger partial charge in [-0.1, -0.05) is 24.3 Å². The molecule has 0 unspecified atom stereocenters. The van der Waals surface area contributed by atoms with Crippen LogP contribution < -0.4 is 0 Å². The van der Waals surface area contributed by atoms with Crippen LogP contribution in [0.25, 0.3) is 0 Å². The van der Waals surface area contributed by atoms with Crippen LogP contribution in [0.2, 0.25) is 0 Å². The number of fused-ring (bicyclic) bond motifs is 2. The Morgan fingerprint density at radius 2 is 1.57 bits per heavy atom. The summed E-state index contributed by atoms with van der Waals surface area (Å²) < 4.78 is 14.3. The van der Waals surface area contributed by atoms with Gasteiger partial charge in [-0.15, -0.1) is 0 Å². The van der Waals surface area contributed by atoms with Crippen LogP contribution in [-0.2, 0) is 19.1 Å². The molecule has 9 nitrogen and oxygen atoms in total. The van der Waals surface area contributed by atoms with Gasteiger partial charge in [0.25, 0.3) is 0 Å². The molecule has 0 fully saturated rings. The Bertz CT molecular complexity index is 931. The molecule has 3 rings (SSSR count). The van der Waals surface area contributed by atoms with Crippen molar-refractivity contribution in [2.75, 3.05) is 13.4 Å². The van der Waals surface area contributed by atoms with Crippen LogP contribution in [0, 0.1) is 0 Å². The highest BCUT2D eigenvalue weighted by atomic mass is 16.7. The molecule has 1 N–H and O–H groups in total. The molecular weight excluding hydrogens is 372 g/mol. The number of hydrogen-bond donors (Lipinski definition) is 1. The van der Waals surface area contributed by atoms with Gasteiger partial charge in [-0.2, -0.15) is 0 Å². The van der Waals surface area contributed by atoms with E-state index in [0.717, 1.165) is 6.07 Å². The number of aliphatic hydroxyl groups is 1. The summed E-state index contributed by atoms with van der Waals surface area (Å²) in [5.41, 5.74) is 0.347. The molecule has 0 radical (unpaired) electrons. The summed E-state index contributed by atoms with van der Waals surface area (Å²) in [6, 6.07) is 7.33. The maximum atomic E-state index is 12.5. The van der Waals surface area contributed by atoms with E-state index in [2.05, 4.69) is 9.47 Å². The van der Waals surface area contributed by atoms with E-state index in [1.54, 1.807) is 12.1 Å². The number of esters is 2. The Kier molecular flexibility index (Phi) is 5.46. The van der Waals surface area contributed by atoms with Crippen molar-refractivity contribution >= 4 is 29.3 Å². The normalized spacial score (nSPS) is 12.2. The maximum absolute atomic E-state index is 12.5. The number of carbonyl (C=O) groups is 5. The molecule has 28 heavy (non-hydrogen) atoms. The minimum atomic E-state index is -0.989. The van der Waals surface area contributed by atoms with Crippen LogP contribution in [0.1, 0.15) is 55.4 Å². The van der Waals surface area contributed by atoms with Crippen molar-refractivity contribution in [2.45, 2.75) is 12.8 Å². The van der Waals surface area contributed by atoms with E-state index in [-0.39, 0.29) is 34.6 Å². The zero-order valence-corrected chi connectivity index (χ0v) is 14.4. The highest BCUT2D eigenvalue weighted by Crippen LogP contribution is 2.30. The Hall–Kier alpha value is -3.59. The summed E-state index contributed by atoms with van der Waals surface area (Å²) in [7, 11) is 0. The second-order valence-electron chi connectivity index (χ2n) is 5.78. The number of rotatable bonds is 7. The molecule has 1 heterocycles. The van der Waals surface area contributed by atoms with E-state index < -0.39 is 49.1 Å². The standard InChI is InChI=1S/C19H14O9/c20-6-5-15(22)26-9-27-16(23)8-13(21)14-7-12-17(24)10-3-1-2-4-11(10)18(25)19(12)28-14/h1-4,7,20H,5-6,8-9H2. The lowest BCUT2D eigenvalue weighted by Crippen LogP contribution is -2.18. The maximum Gasteiger partial charge on any atom is 0.316 e. The van der Waals surface area contributed by atoms with Gasteiger partial charge in [0.05, 0.1) is 18.6 Å². The fourth-order valence-corrected chi connectivity index (χ4v) is 2.61. The Labute approximate surface area is 157 Å². The summed E-state index contributed by atoms with van der Waals surface area (Å²) in [6.45, 7) is -1.11. The second-order valence-corrected chi connectivity index (χ2v) is 5.78. The van der Waals surface area contributed by atoms with Crippen LogP contribution in [-0.4, -0.2) is 47.8 Å². The van der Waals surface area contributed by atoms with Gasteiger partial charge in [0, 0.05) is 11.1 Å². The molecule has 1 aliphatic carbocycles. The van der Waals surface area contributed by atoms with Crippen molar-refractivity contribution in [3.05, 3.63) is 58.5 Å². The molecule has 0 saturated carbocycles. The molecule has 2 aromatic rings. The van der Waals surface area contributed by atoms with Gasteiger partial charge in [-0.05, 0) is 6.07 Å². The summed E-state index contributed by atoms with van der Waals surface area (Å²) in [5, 5.41) is 8.54. The minimum Gasteiger partial charge on any atom is -0.449 e.